The zero-order valence-electron chi connectivity index (χ0n) is 22.2. The molecule has 1 aromatic heterocycles. The number of alkyl halides is 4. The van der Waals surface area contributed by atoms with Crippen molar-refractivity contribution in [2.24, 2.45) is 5.73 Å². The van der Waals surface area contributed by atoms with Crippen molar-refractivity contribution in [3.8, 4) is 28.5 Å². The number of amides is 1. The Hall–Kier alpha value is -4.26. The van der Waals surface area contributed by atoms with E-state index in [0.717, 1.165) is 31.2 Å². The minimum atomic E-state index is -5.27. The number of hydrogen-bond donors (Lipinski definition) is 2. The second-order valence-electron chi connectivity index (χ2n) is 9.00. The molecule has 3 N–H and O–H groups in total. The van der Waals surface area contributed by atoms with Crippen LogP contribution in [0.1, 0.15) is 47.6 Å². The van der Waals surface area contributed by atoms with Crippen LogP contribution in [0.4, 0.5) is 22.0 Å². The molecule has 0 bridgehead atoms. The lowest BCUT2D eigenvalue weighted by molar-refractivity contribution is -0.270. The molecule has 220 valence electrons. The van der Waals surface area contributed by atoms with Crippen molar-refractivity contribution in [2.45, 2.75) is 37.7 Å². The van der Waals surface area contributed by atoms with Gasteiger partial charge in [0.15, 0.2) is 23.9 Å². The van der Waals surface area contributed by atoms with E-state index in [0.29, 0.717) is 0 Å². The van der Waals surface area contributed by atoms with E-state index in [1.165, 1.54) is 38.5 Å². The summed E-state index contributed by atoms with van der Waals surface area (Å²) in [6.45, 7) is 0.630. The summed E-state index contributed by atoms with van der Waals surface area (Å²) in [6, 6.07) is 9.02. The van der Waals surface area contributed by atoms with Crippen LogP contribution in [0.25, 0.3) is 11.3 Å². The number of rotatable bonds is 12. The number of benzene rings is 2. The minimum absolute atomic E-state index is 0.0100. The van der Waals surface area contributed by atoms with Gasteiger partial charge in [-0.25, -0.2) is 13.8 Å². The molecule has 8 nitrogen and oxygen atoms in total. The molecular weight excluding hydrogens is 555 g/mol. The SMILES string of the molecule is COc1cc(C(=O)CCC(O)(c2ccc(OC)c(-c3ccc(F)c([C@@H](C)F)c3)n2)C(F)(F)F)ccc1OCC(N)=O. The summed E-state index contributed by atoms with van der Waals surface area (Å²) >= 11 is 0. The quantitative estimate of drug-likeness (QED) is 0.222. The largest absolute Gasteiger partial charge is 0.494 e. The number of carbonyl (C=O) groups is 2. The van der Waals surface area contributed by atoms with Gasteiger partial charge < -0.3 is 25.1 Å². The smallest absolute Gasteiger partial charge is 0.422 e. The van der Waals surface area contributed by atoms with Gasteiger partial charge in [0.2, 0.25) is 5.60 Å². The first kappa shape index (κ1) is 31.3. The van der Waals surface area contributed by atoms with Gasteiger partial charge in [-0.05, 0) is 61.9 Å². The fourth-order valence-corrected chi connectivity index (χ4v) is 4.01. The van der Waals surface area contributed by atoms with E-state index in [9.17, 15) is 36.6 Å². The molecule has 0 saturated carbocycles. The number of nitrogens with two attached hydrogens (primary N) is 1. The first-order chi connectivity index (χ1) is 19.2. The highest BCUT2D eigenvalue weighted by Crippen LogP contribution is 2.44. The van der Waals surface area contributed by atoms with Crippen LogP contribution in [0.15, 0.2) is 48.5 Å². The van der Waals surface area contributed by atoms with Crippen LogP contribution in [0.2, 0.25) is 0 Å². The average Bonchev–Trinajstić information content (AvgIpc) is 2.93. The molecule has 3 aromatic rings. The number of primary amides is 1. The predicted molar refractivity (Wildman–Crippen MR) is 137 cm³/mol. The Morgan fingerprint density at radius 3 is 2.24 bits per heavy atom. The van der Waals surface area contributed by atoms with Crippen molar-refractivity contribution in [3.05, 3.63) is 71.2 Å². The van der Waals surface area contributed by atoms with Crippen molar-refractivity contribution in [2.75, 3.05) is 20.8 Å². The van der Waals surface area contributed by atoms with Crippen LogP contribution in [0.3, 0.4) is 0 Å². The number of aliphatic hydroxyl groups is 1. The molecule has 1 heterocycles. The maximum absolute atomic E-state index is 14.3. The summed E-state index contributed by atoms with van der Waals surface area (Å²) in [4.78, 5) is 27.8. The molecular formula is C28H27F5N2O6. The zero-order chi connectivity index (χ0) is 30.5. The number of methoxy groups -OCH3 is 2. The number of hydrogen-bond acceptors (Lipinski definition) is 7. The summed E-state index contributed by atoms with van der Waals surface area (Å²) in [6.07, 6.45) is -8.85. The number of Topliss-reactive ketones (excluding diaryl/α,β-unsaturated/α-hetero) is 1. The lowest BCUT2D eigenvalue weighted by Gasteiger charge is -2.30. The number of halogens is 5. The van der Waals surface area contributed by atoms with Crippen LogP contribution >= 0.6 is 0 Å². The summed E-state index contributed by atoms with van der Waals surface area (Å²) in [5, 5.41) is 10.9. The van der Waals surface area contributed by atoms with Gasteiger partial charge in [0, 0.05) is 23.1 Å². The van der Waals surface area contributed by atoms with E-state index in [2.05, 4.69) is 4.98 Å². The van der Waals surface area contributed by atoms with Gasteiger partial charge in [-0.3, -0.25) is 9.59 Å². The van der Waals surface area contributed by atoms with E-state index in [-0.39, 0.29) is 39.6 Å². The Morgan fingerprint density at radius 2 is 1.66 bits per heavy atom. The normalized spacial score (nSPS) is 13.7. The van der Waals surface area contributed by atoms with E-state index < -0.39 is 60.6 Å². The highest BCUT2D eigenvalue weighted by molar-refractivity contribution is 5.96. The summed E-state index contributed by atoms with van der Waals surface area (Å²) in [5.74, 6) is -2.27. The van der Waals surface area contributed by atoms with Gasteiger partial charge in [-0.15, -0.1) is 0 Å². The standard InChI is InChI=1S/C28H27F5N2O6/c1-15(29)18-12-17(4-6-19(18)30)26-22(39-2)8-9-24(35-26)27(38,28(31,32)33)11-10-20(36)16-5-7-21(23(13-16)40-3)41-14-25(34)37/h4-9,12-13,15,38H,10-11,14H2,1-3H3,(H2,34,37)/t15-,27?/m1/s1. The van der Waals surface area contributed by atoms with Crippen LogP contribution in [-0.2, 0) is 10.4 Å². The van der Waals surface area contributed by atoms with E-state index in [4.69, 9.17) is 19.9 Å². The Labute approximate surface area is 231 Å². The minimum Gasteiger partial charge on any atom is -0.494 e. The molecule has 3 rings (SSSR count). The third-order valence-corrected chi connectivity index (χ3v) is 6.24. The second kappa shape index (κ2) is 12.5. The highest BCUT2D eigenvalue weighted by Gasteiger charge is 2.56. The lowest BCUT2D eigenvalue weighted by Crippen LogP contribution is -2.43. The molecule has 0 radical (unpaired) electrons. The molecule has 0 aliphatic carbocycles. The maximum atomic E-state index is 14.3. The number of ketones is 1. The monoisotopic (exact) mass is 582 g/mol. The van der Waals surface area contributed by atoms with Gasteiger partial charge in [-0.1, -0.05) is 0 Å². The Kier molecular flexibility index (Phi) is 9.53. The molecule has 0 spiro atoms. The Bertz CT molecular complexity index is 1430. The second-order valence-corrected chi connectivity index (χ2v) is 9.00. The van der Waals surface area contributed by atoms with Gasteiger partial charge >= 0.3 is 6.18 Å². The van der Waals surface area contributed by atoms with E-state index in [1.807, 2.05) is 0 Å². The number of ether oxygens (including phenoxy) is 3. The molecule has 41 heavy (non-hydrogen) atoms. The molecule has 2 aromatic carbocycles. The van der Waals surface area contributed by atoms with E-state index >= 15 is 0 Å². The first-order valence-corrected chi connectivity index (χ1v) is 12.1. The van der Waals surface area contributed by atoms with Crippen LogP contribution in [-0.4, -0.2) is 48.8 Å². The first-order valence-electron chi connectivity index (χ1n) is 12.1. The molecule has 0 aliphatic rings. The lowest BCUT2D eigenvalue weighted by atomic mass is 9.89. The number of pyridine rings is 1. The third kappa shape index (κ3) is 6.91. The van der Waals surface area contributed by atoms with Crippen LogP contribution < -0.4 is 19.9 Å². The number of carbonyl (C=O) groups excluding carboxylic acids is 2. The van der Waals surface area contributed by atoms with Gasteiger partial charge in [0.1, 0.15) is 23.4 Å². The zero-order valence-corrected chi connectivity index (χ0v) is 22.2. The maximum Gasteiger partial charge on any atom is 0.422 e. The highest BCUT2D eigenvalue weighted by atomic mass is 19.4. The fourth-order valence-electron chi connectivity index (χ4n) is 4.01. The molecule has 2 atom stereocenters. The molecule has 1 unspecified atom stereocenters. The molecule has 0 saturated heterocycles. The Balaban J connectivity index is 1.96. The Morgan fingerprint density at radius 1 is 1.00 bits per heavy atom. The van der Waals surface area contributed by atoms with Crippen molar-refractivity contribution < 1.29 is 50.9 Å². The molecule has 0 fully saturated rings. The predicted octanol–water partition coefficient (Wildman–Crippen LogP) is 5.21. The fraction of sp³-hybridized carbons (Fsp3) is 0.321. The van der Waals surface area contributed by atoms with Crippen molar-refractivity contribution >= 4 is 11.7 Å². The molecule has 13 heteroatoms. The third-order valence-electron chi connectivity index (χ3n) is 6.24. The van der Waals surface area contributed by atoms with Crippen LogP contribution in [0, 0.1) is 5.82 Å². The van der Waals surface area contributed by atoms with E-state index in [1.54, 1.807) is 0 Å². The molecule has 1 amide bonds. The van der Waals surface area contributed by atoms with Gasteiger partial charge in [0.25, 0.3) is 5.91 Å². The number of aromatic nitrogens is 1. The topological polar surface area (TPSA) is 121 Å². The summed E-state index contributed by atoms with van der Waals surface area (Å²) < 4.78 is 86.3. The van der Waals surface area contributed by atoms with Crippen molar-refractivity contribution in [1.29, 1.82) is 0 Å². The number of nitrogens with zero attached hydrogens (tertiary/aromatic N) is 1. The van der Waals surface area contributed by atoms with Gasteiger partial charge in [0.05, 0.1) is 19.9 Å². The van der Waals surface area contributed by atoms with Crippen molar-refractivity contribution in [3.63, 3.8) is 0 Å². The molecule has 0 aliphatic heterocycles. The van der Waals surface area contributed by atoms with Crippen molar-refractivity contribution in [1.82, 2.24) is 4.98 Å². The van der Waals surface area contributed by atoms with Gasteiger partial charge in [-0.2, -0.15) is 13.2 Å². The summed E-state index contributed by atoms with van der Waals surface area (Å²) in [7, 11) is 2.49. The van der Waals surface area contributed by atoms with Crippen LogP contribution in [0.5, 0.6) is 17.2 Å². The average molecular weight is 583 g/mol. The summed E-state index contributed by atoms with van der Waals surface area (Å²) in [5.41, 5.74) is 0.0934.